The average Bonchev–Trinajstić information content (AvgIpc) is 3.12. The zero-order valence-electron chi connectivity index (χ0n) is 20.1. The topological polar surface area (TPSA) is 88.2 Å². The fraction of sp³-hybridized carbons (Fsp3) is 0.423. The largest absolute Gasteiger partial charge is 0.493 e. The summed E-state index contributed by atoms with van der Waals surface area (Å²) in [5.74, 6) is 0.900. The third-order valence-electron chi connectivity index (χ3n) is 6.33. The van der Waals surface area contributed by atoms with Crippen molar-refractivity contribution in [3.05, 3.63) is 53.1 Å². The highest BCUT2D eigenvalue weighted by Crippen LogP contribution is 2.49. The highest BCUT2D eigenvalue weighted by atomic mass is 16.5. The summed E-state index contributed by atoms with van der Waals surface area (Å²) in [6.07, 6.45) is 1.12. The molecule has 1 atom stereocenters. The number of anilines is 1. The van der Waals surface area contributed by atoms with Crippen molar-refractivity contribution in [3.63, 3.8) is 0 Å². The SMILES string of the molecule is COc1ccc2c(c1OC)C(=O)N1c3ccccc3C(=O)N(CCCC(=O)NCCC(C)C)[C@H]21. The number of rotatable bonds is 9. The summed E-state index contributed by atoms with van der Waals surface area (Å²) in [6, 6.07) is 10.7. The maximum atomic E-state index is 13.6. The highest BCUT2D eigenvalue weighted by Gasteiger charge is 2.49. The molecule has 0 aliphatic carbocycles. The first-order valence-electron chi connectivity index (χ1n) is 11.6. The molecule has 2 aromatic carbocycles. The molecular weight excluding hydrogens is 434 g/mol. The number of fused-ring (bicyclic) bond motifs is 5. The Morgan fingerprint density at radius 2 is 1.82 bits per heavy atom. The molecule has 3 amide bonds. The van der Waals surface area contributed by atoms with Crippen LogP contribution in [-0.2, 0) is 4.79 Å². The lowest BCUT2D eigenvalue weighted by Crippen LogP contribution is -2.48. The number of carbonyl (C=O) groups excluding carboxylic acids is 3. The van der Waals surface area contributed by atoms with E-state index in [2.05, 4.69) is 19.2 Å². The molecular formula is C26H31N3O5. The van der Waals surface area contributed by atoms with Crippen LogP contribution >= 0.6 is 0 Å². The van der Waals surface area contributed by atoms with Gasteiger partial charge in [0.1, 0.15) is 6.17 Å². The number of carbonyl (C=O) groups is 3. The number of nitrogens with zero attached hydrogens (tertiary/aromatic N) is 2. The van der Waals surface area contributed by atoms with Crippen LogP contribution < -0.4 is 19.7 Å². The van der Waals surface area contributed by atoms with Gasteiger partial charge in [-0.1, -0.05) is 32.0 Å². The summed E-state index contributed by atoms with van der Waals surface area (Å²) in [5.41, 5.74) is 2.12. The van der Waals surface area contributed by atoms with E-state index in [-0.39, 0.29) is 17.7 Å². The van der Waals surface area contributed by atoms with Crippen LogP contribution in [0.15, 0.2) is 36.4 Å². The Morgan fingerprint density at radius 1 is 1.06 bits per heavy atom. The molecule has 8 heteroatoms. The zero-order chi connectivity index (χ0) is 24.4. The molecule has 2 heterocycles. The van der Waals surface area contributed by atoms with Gasteiger partial charge in [0.05, 0.1) is 31.0 Å². The quantitative estimate of drug-likeness (QED) is 0.609. The summed E-state index contributed by atoms with van der Waals surface area (Å²) in [7, 11) is 3.02. The number of hydrogen-bond acceptors (Lipinski definition) is 5. The fourth-order valence-electron chi connectivity index (χ4n) is 4.65. The Balaban J connectivity index is 1.63. The Morgan fingerprint density at radius 3 is 2.53 bits per heavy atom. The van der Waals surface area contributed by atoms with E-state index < -0.39 is 6.17 Å². The molecule has 34 heavy (non-hydrogen) atoms. The van der Waals surface area contributed by atoms with E-state index in [4.69, 9.17) is 9.47 Å². The zero-order valence-corrected chi connectivity index (χ0v) is 20.1. The van der Waals surface area contributed by atoms with Crippen LogP contribution in [-0.4, -0.2) is 49.9 Å². The van der Waals surface area contributed by atoms with Crippen LogP contribution in [0.3, 0.4) is 0 Å². The number of benzene rings is 2. The van der Waals surface area contributed by atoms with Crippen LogP contribution in [0.4, 0.5) is 5.69 Å². The van der Waals surface area contributed by atoms with Gasteiger partial charge < -0.3 is 19.7 Å². The molecule has 2 aromatic rings. The van der Waals surface area contributed by atoms with Crippen molar-refractivity contribution in [3.8, 4) is 11.5 Å². The van der Waals surface area contributed by atoms with Gasteiger partial charge >= 0.3 is 0 Å². The molecule has 1 N–H and O–H groups in total. The van der Waals surface area contributed by atoms with Crippen molar-refractivity contribution in [2.45, 2.75) is 39.3 Å². The second kappa shape index (κ2) is 9.75. The summed E-state index contributed by atoms with van der Waals surface area (Å²) in [4.78, 5) is 42.7. The van der Waals surface area contributed by atoms with Gasteiger partial charge in [-0.25, -0.2) is 0 Å². The van der Waals surface area contributed by atoms with Gasteiger partial charge in [0.15, 0.2) is 11.5 Å². The molecule has 2 aliphatic heterocycles. The molecule has 0 radical (unpaired) electrons. The molecule has 0 saturated heterocycles. The molecule has 0 unspecified atom stereocenters. The lowest BCUT2D eigenvalue weighted by molar-refractivity contribution is -0.121. The minimum atomic E-state index is -0.603. The number of ether oxygens (including phenoxy) is 2. The van der Waals surface area contributed by atoms with Crippen molar-refractivity contribution in [1.82, 2.24) is 10.2 Å². The van der Waals surface area contributed by atoms with Gasteiger partial charge in [0, 0.05) is 25.1 Å². The van der Waals surface area contributed by atoms with Crippen LogP contribution in [0.2, 0.25) is 0 Å². The van der Waals surface area contributed by atoms with Crippen LogP contribution in [0.25, 0.3) is 0 Å². The van der Waals surface area contributed by atoms with Crippen molar-refractivity contribution in [2.75, 3.05) is 32.2 Å². The predicted molar refractivity (Wildman–Crippen MR) is 128 cm³/mol. The van der Waals surface area contributed by atoms with E-state index in [1.54, 1.807) is 34.1 Å². The smallest absolute Gasteiger partial charge is 0.264 e. The van der Waals surface area contributed by atoms with Crippen LogP contribution in [0.5, 0.6) is 11.5 Å². The molecule has 0 fully saturated rings. The van der Waals surface area contributed by atoms with E-state index in [1.165, 1.54) is 14.2 Å². The van der Waals surface area contributed by atoms with Gasteiger partial charge in [-0.2, -0.15) is 0 Å². The number of nitrogens with one attached hydrogen (secondary N) is 1. The maximum absolute atomic E-state index is 13.6. The lowest BCUT2D eigenvalue weighted by atomic mass is 10.0. The first-order valence-corrected chi connectivity index (χ1v) is 11.6. The van der Waals surface area contributed by atoms with Crippen molar-refractivity contribution < 1.29 is 23.9 Å². The van der Waals surface area contributed by atoms with Gasteiger partial charge in [-0.3, -0.25) is 19.3 Å². The maximum Gasteiger partial charge on any atom is 0.264 e. The van der Waals surface area contributed by atoms with Crippen molar-refractivity contribution in [1.29, 1.82) is 0 Å². The highest BCUT2D eigenvalue weighted by molar-refractivity contribution is 6.18. The van der Waals surface area contributed by atoms with E-state index in [0.29, 0.717) is 65.7 Å². The molecule has 0 aromatic heterocycles. The fourth-order valence-corrected chi connectivity index (χ4v) is 4.65. The first kappa shape index (κ1) is 23.6. The Kier molecular flexibility index (Phi) is 6.77. The van der Waals surface area contributed by atoms with Crippen LogP contribution in [0, 0.1) is 5.92 Å². The predicted octanol–water partition coefficient (Wildman–Crippen LogP) is 3.76. The molecule has 2 aliphatic rings. The number of para-hydroxylation sites is 1. The number of methoxy groups -OCH3 is 2. The first-order chi connectivity index (χ1) is 16.4. The summed E-state index contributed by atoms with van der Waals surface area (Å²) < 4.78 is 10.9. The molecule has 0 saturated carbocycles. The third kappa shape index (κ3) is 4.08. The minimum Gasteiger partial charge on any atom is -0.493 e. The normalized spacial score (nSPS) is 16.3. The van der Waals surface area contributed by atoms with E-state index in [1.807, 2.05) is 12.1 Å². The molecule has 0 bridgehead atoms. The van der Waals surface area contributed by atoms with E-state index >= 15 is 0 Å². The Labute approximate surface area is 199 Å². The summed E-state index contributed by atoms with van der Waals surface area (Å²) in [5, 5.41) is 2.94. The number of amides is 3. The Bertz CT molecular complexity index is 1110. The lowest BCUT2D eigenvalue weighted by Gasteiger charge is -2.41. The molecule has 4 rings (SSSR count). The molecule has 8 nitrogen and oxygen atoms in total. The van der Waals surface area contributed by atoms with Gasteiger partial charge in [0.25, 0.3) is 11.8 Å². The van der Waals surface area contributed by atoms with Crippen LogP contribution in [0.1, 0.15) is 65.6 Å². The summed E-state index contributed by atoms with van der Waals surface area (Å²) in [6.45, 7) is 5.21. The molecule has 0 spiro atoms. The van der Waals surface area contributed by atoms with Gasteiger partial charge in [0.2, 0.25) is 5.91 Å². The average molecular weight is 466 g/mol. The second-order valence-corrected chi connectivity index (χ2v) is 8.97. The standard InChI is InChI=1S/C26H31N3O5/c1-16(2)13-14-27-21(30)10-7-15-28-24-18-11-12-20(33-3)23(34-4)22(18)26(32)29(24)19-9-6-5-8-17(19)25(28)31/h5-6,8-9,11-12,16,24H,7,10,13-15H2,1-4H3,(H,27,30)/t24-/m0/s1. The van der Waals surface area contributed by atoms with Gasteiger partial charge in [-0.05, 0) is 37.0 Å². The minimum absolute atomic E-state index is 0.0309. The van der Waals surface area contributed by atoms with E-state index in [0.717, 1.165) is 6.42 Å². The number of hydrogen-bond donors (Lipinski definition) is 1. The third-order valence-corrected chi connectivity index (χ3v) is 6.33. The molecule has 180 valence electrons. The Hall–Kier alpha value is -3.55. The monoisotopic (exact) mass is 465 g/mol. The van der Waals surface area contributed by atoms with Gasteiger partial charge in [-0.15, -0.1) is 0 Å². The van der Waals surface area contributed by atoms with Crippen molar-refractivity contribution >= 4 is 23.4 Å². The van der Waals surface area contributed by atoms with E-state index in [9.17, 15) is 14.4 Å². The summed E-state index contributed by atoms with van der Waals surface area (Å²) >= 11 is 0. The van der Waals surface area contributed by atoms with Crippen molar-refractivity contribution in [2.24, 2.45) is 5.92 Å². The second-order valence-electron chi connectivity index (χ2n) is 8.97.